The number of ketones is 1. The second-order valence-electron chi connectivity index (χ2n) is 4.54. The summed E-state index contributed by atoms with van der Waals surface area (Å²) in [6.45, 7) is 2.43. The highest BCUT2D eigenvalue weighted by Crippen LogP contribution is 2.00. The Labute approximate surface area is 123 Å². The number of ether oxygens (including phenoxy) is 1. The van der Waals surface area contributed by atoms with E-state index in [-0.39, 0.29) is 18.0 Å². The highest BCUT2D eigenvalue weighted by molar-refractivity contribution is 5.95. The molecule has 0 fully saturated rings. The van der Waals surface area contributed by atoms with E-state index in [0.29, 0.717) is 12.2 Å². The Balaban J connectivity index is 2.07. The Bertz CT molecular complexity index is 626. The van der Waals surface area contributed by atoms with Crippen LogP contribution in [-0.2, 0) is 11.3 Å². The van der Waals surface area contributed by atoms with Crippen molar-refractivity contribution in [1.82, 2.24) is 4.98 Å². The summed E-state index contributed by atoms with van der Waals surface area (Å²) in [6.07, 6.45) is 5.42. The van der Waals surface area contributed by atoms with Crippen molar-refractivity contribution < 1.29 is 18.9 Å². The largest absolute Gasteiger partial charge is 0.461 e. The van der Waals surface area contributed by atoms with E-state index in [0.717, 1.165) is 6.42 Å². The zero-order valence-corrected chi connectivity index (χ0v) is 11.9. The minimum Gasteiger partial charge on any atom is -0.461 e. The Hall–Kier alpha value is -2.56. The van der Waals surface area contributed by atoms with Crippen molar-refractivity contribution in [3.8, 4) is 0 Å². The SMILES string of the molecule is CCCOC(=O)c1c[n+](CC(=O)c2ccccc2)ccn1. The van der Waals surface area contributed by atoms with Gasteiger partial charge in [0.25, 0.3) is 0 Å². The molecule has 0 saturated heterocycles. The van der Waals surface area contributed by atoms with Crippen LogP contribution >= 0.6 is 0 Å². The summed E-state index contributed by atoms with van der Waals surface area (Å²) < 4.78 is 6.65. The second-order valence-corrected chi connectivity index (χ2v) is 4.54. The smallest absolute Gasteiger partial charge is 0.363 e. The van der Waals surface area contributed by atoms with E-state index in [1.165, 1.54) is 12.4 Å². The number of nitrogens with zero attached hydrogens (tertiary/aromatic N) is 2. The molecule has 1 heterocycles. The maximum atomic E-state index is 12.1. The van der Waals surface area contributed by atoms with E-state index in [1.807, 2.05) is 25.1 Å². The number of esters is 1. The van der Waals surface area contributed by atoms with Crippen molar-refractivity contribution in [2.75, 3.05) is 6.61 Å². The molecule has 0 aliphatic rings. The summed E-state index contributed by atoms with van der Waals surface area (Å²) in [5, 5.41) is 0. The monoisotopic (exact) mass is 285 g/mol. The van der Waals surface area contributed by atoms with E-state index < -0.39 is 5.97 Å². The number of Topliss-reactive ketones (excluding diaryl/α,β-unsaturated/α-hetero) is 1. The number of carbonyl (C=O) groups is 2. The summed E-state index contributed by atoms with van der Waals surface area (Å²) >= 11 is 0. The molecule has 0 atom stereocenters. The molecule has 0 aliphatic heterocycles. The van der Waals surface area contributed by atoms with Crippen LogP contribution in [-0.4, -0.2) is 23.3 Å². The first kappa shape index (κ1) is 14.8. The van der Waals surface area contributed by atoms with Crippen molar-refractivity contribution in [3.63, 3.8) is 0 Å². The number of hydrogen-bond acceptors (Lipinski definition) is 4. The molecule has 0 radical (unpaired) electrons. The van der Waals surface area contributed by atoms with Gasteiger partial charge in [0.05, 0.1) is 12.8 Å². The van der Waals surface area contributed by atoms with Gasteiger partial charge in [-0.2, -0.15) is 4.57 Å². The van der Waals surface area contributed by atoms with Crippen molar-refractivity contribution in [1.29, 1.82) is 0 Å². The van der Waals surface area contributed by atoms with Crippen LogP contribution in [0.4, 0.5) is 0 Å². The van der Waals surface area contributed by atoms with Gasteiger partial charge in [-0.25, -0.2) is 9.78 Å². The lowest BCUT2D eigenvalue weighted by molar-refractivity contribution is -0.683. The Morgan fingerprint density at radius 1 is 1.24 bits per heavy atom. The van der Waals surface area contributed by atoms with Gasteiger partial charge in [0.2, 0.25) is 24.2 Å². The van der Waals surface area contributed by atoms with Gasteiger partial charge in [-0.3, -0.25) is 4.79 Å². The molecule has 0 amide bonds. The highest BCUT2D eigenvalue weighted by atomic mass is 16.5. The third-order valence-corrected chi connectivity index (χ3v) is 2.83. The van der Waals surface area contributed by atoms with Crippen LogP contribution in [0.1, 0.15) is 34.2 Å². The molecule has 5 nitrogen and oxygen atoms in total. The molecule has 2 aromatic rings. The standard InChI is InChI=1S/C16H17N2O3/c1-2-10-21-16(20)14-11-18(9-8-17-14)12-15(19)13-6-4-3-5-7-13/h3-9,11H,2,10,12H2,1H3/q+1. The minimum absolute atomic E-state index is 0.0281. The molecule has 108 valence electrons. The lowest BCUT2D eigenvalue weighted by Gasteiger charge is -2.02. The molecule has 0 N–H and O–H groups in total. The summed E-state index contributed by atoms with van der Waals surface area (Å²) in [4.78, 5) is 27.8. The van der Waals surface area contributed by atoms with E-state index >= 15 is 0 Å². The fourth-order valence-electron chi connectivity index (χ4n) is 1.79. The second kappa shape index (κ2) is 7.28. The van der Waals surface area contributed by atoms with Gasteiger partial charge in [0.1, 0.15) is 0 Å². The Kier molecular flexibility index (Phi) is 5.15. The van der Waals surface area contributed by atoms with Gasteiger partial charge in [0, 0.05) is 5.56 Å². The fourth-order valence-corrected chi connectivity index (χ4v) is 1.79. The quantitative estimate of drug-likeness (QED) is 0.461. The van der Waals surface area contributed by atoms with E-state index in [1.54, 1.807) is 22.9 Å². The van der Waals surface area contributed by atoms with Gasteiger partial charge < -0.3 is 4.74 Å². The number of rotatable bonds is 6. The van der Waals surface area contributed by atoms with E-state index in [2.05, 4.69) is 4.98 Å². The Morgan fingerprint density at radius 2 is 2.00 bits per heavy atom. The predicted molar refractivity (Wildman–Crippen MR) is 75.8 cm³/mol. The van der Waals surface area contributed by atoms with E-state index in [9.17, 15) is 9.59 Å². The Morgan fingerprint density at radius 3 is 2.71 bits per heavy atom. The van der Waals surface area contributed by atoms with Gasteiger partial charge in [0.15, 0.2) is 6.20 Å². The third-order valence-electron chi connectivity index (χ3n) is 2.83. The van der Waals surface area contributed by atoms with Crippen LogP contribution in [0.15, 0.2) is 48.9 Å². The van der Waals surface area contributed by atoms with Crippen LogP contribution in [0, 0.1) is 0 Å². The maximum absolute atomic E-state index is 12.1. The number of carbonyl (C=O) groups excluding carboxylic acids is 2. The van der Waals surface area contributed by atoms with Gasteiger partial charge >= 0.3 is 5.97 Å². The molecule has 2 rings (SSSR count). The first-order valence-electron chi connectivity index (χ1n) is 6.81. The first-order chi connectivity index (χ1) is 10.2. The number of benzene rings is 1. The molecule has 0 spiro atoms. The summed E-state index contributed by atoms with van der Waals surface area (Å²) in [5.41, 5.74) is 0.837. The highest BCUT2D eigenvalue weighted by Gasteiger charge is 2.16. The number of hydrogen-bond donors (Lipinski definition) is 0. The summed E-state index contributed by atoms with van der Waals surface area (Å²) in [5.74, 6) is -0.502. The number of aromatic nitrogens is 2. The van der Waals surface area contributed by atoms with E-state index in [4.69, 9.17) is 4.74 Å². The van der Waals surface area contributed by atoms with Gasteiger partial charge in [-0.05, 0) is 6.42 Å². The average Bonchev–Trinajstić information content (AvgIpc) is 2.53. The lowest BCUT2D eigenvalue weighted by atomic mass is 10.1. The molecule has 21 heavy (non-hydrogen) atoms. The summed E-state index contributed by atoms with van der Waals surface area (Å²) in [6, 6.07) is 9.02. The molecule has 1 aromatic heterocycles. The van der Waals surface area contributed by atoms with Crippen LogP contribution in [0.25, 0.3) is 0 Å². The topological polar surface area (TPSA) is 60.1 Å². The molecule has 0 unspecified atom stereocenters. The zero-order valence-electron chi connectivity index (χ0n) is 11.9. The fraction of sp³-hybridized carbons (Fsp3) is 0.250. The van der Waals surface area contributed by atoms with Crippen LogP contribution in [0.3, 0.4) is 0 Å². The van der Waals surface area contributed by atoms with Crippen molar-refractivity contribution in [3.05, 3.63) is 60.2 Å². The molecule has 0 saturated carbocycles. The molecule has 1 aromatic carbocycles. The zero-order chi connectivity index (χ0) is 15.1. The lowest BCUT2D eigenvalue weighted by Crippen LogP contribution is -2.38. The molecular formula is C16H17N2O3+. The third kappa shape index (κ3) is 4.21. The minimum atomic E-state index is -0.474. The molecule has 5 heteroatoms. The van der Waals surface area contributed by atoms with Crippen LogP contribution < -0.4 is 4.57 Å². The molecule has 0 aliphatic carbocycles. The van der Waals surface area contributed by atoms with Gasteiger partial charge in [-0.1, -0.05) is 37.3 Å². The predicted octanol–water partition coefficient (Wildman–Crippen LogP) is 1.82. The maximum Gasteiger partial charge on any atom is 0.363 e. The van der Waals surface area contributed by atoms with Gasteiger partial charge in [-0.15, -0.1) is 0 Å². The molecule has 0 bridgehead atoms. The van der Waals surface area contributed by atoms with Crippen molar-refractivity contribution >= 4 is 11.8 Å². The van der Waals surface area contributed by atoms with Crippen molar-refractivity contribution in [2.24, 2.45) is 0 Å². The van der Waals surface area contributed by atoms with Crippen LogP contribution in [0.5, 0.6) is 0 Å². The summed E-state index contributed by atoms with van der Waals surface area (Å²) in [7, 11) is 0. The van der Waals surface area contributed by atoms with Crippen molar-refractivity contribution in [2.45, 2.75) is 19.9 Å². The average molecular weight is 285 g/mol. The normalized spacial score (nSPS) is 10.1. The molecular weight excluding hydrogens is 268 g/mol. The first-order valence-corrected chi connectivity index (χ1v) is 6.81. The van der Waals surface area contributed by atoms with Crippen LogP contribution in [0.2, 0.25) is 0 Å².